The molecule has 2 rings (SSSR count). The lowest BCUT2D eigenvalue weighted by Crippen LogP contribution is -2.14. The van der Waals surface area contributed by atoms with Crippen LogP contribution in [-0.4, -0.2) is 5.91 Å². The number of nitrogens with one attached hydrogen (secondary N) is 1. The number of carbonyl (C=O) groups is 1. The van der Waals surface area contributed by atoms with E-state index < -0.39 is 11.7 Å². The smallest absolute Gasteiger partial charge is 0.257 e. The Hall–Kier alpha value is -1.29. The summed E-state index contributed by atoms with van der Waals surface area (Å²) in [4.78, 5) is 12.2. The third-order valence-electron chi connectivity index (χ3n) is 2.92. The Balaban J connectivity index is 2.37. The first kappa shape index (κ1) is 16.1. The molecule has 1 amide bonds. The van der Waals surface area contributed by atoms with Gasteiger partial charge in [-0.25, -0.2) is 4.39 Å². The summed E-state index contributed by atoms with van der Waals surface area (Å²) in [5, 5.41) is 2.98. The summed E-state index contributed by atoms with van der Waals surface area (Å²) in [5.41, 5.74) is 2.25. The molecule has 0 aromatic heterocycles. The Morgan fingerprint density at radius 1 is 1.00 bits per heavy atom. The number of benzene rings is 2. The second-order valence-electron chi connectivity index (χ2n) is 4.64. The number of carbonyl (C=O) groups excluding carboxylic acids is 1. The molecule has 2 aromatic rings. The van der Waals surface area contributed by atoms with Gasteiger partial charge in [0.25, 0.3) is 5.91 Å². The van der Waals surface area contributed by atoms with Gasteiger partial charge in [0.05, 0.1) is 26.3 Å². The van der Waals surface area contributed by atoms with Crippen molar-refractivity contribution in [3.8, 4) is 0 Å². The minimum atomic E-state index is -0.710. The van der Waals surface area contributed by atoms with Crippen molar-refractivity contribution in [3.05, 3.63) is 61.8 Å². The van der Waals surface area contributed by atoms with Crippen molar-refractivity contribution >= 4 is 46.4 Å². The van der Waals surface area contributed by atoms with E-state index in [-0.39, 0.29) is 15.6 Å². The highest BCUT2D eigenvalue weighted by Crippen LogP contribution is 2.29. The number of rotatable bonds is 2. The van der Waals surface area contributed by atoms with Crippen molar-refractivity contribution in [2.45, 2.75) is 13.8 Å². The lowest BCUT2D eigenvalue weighted by Gasteiger charge is -2.12. The second-order valence-corrected chi connectivity index (χ2v) is 5.86. The van der Waals surface area contributed by atoms with Gasteiger partial charge in [0.2, 0.25) is 0 Å². The third-order valence-corrected chi connectivity index (χ3v) is 3.83. The van der Waals surface area contributed by atoms with Gasteiger partial charge in [-0.3, -0.25) is 4.79 Å². The molecule has 0 aliphatic rings. The maximum absolute atomic E-state index is 13.5. The molecule has 0 bridgehead atoms. The van der Waals surface area contributed by atoms with E-state index >= 15 is 0 Å². The van der Waals surface area contributed by atoms with Crippen molar-refractivity contribution in [1.29, 1.82) is 0 Å². The van der Waals surface area contributed by atoms with Crippen LogP contribution >= 0.6 is 34.8 Å². The average Bonchev–Trinajstić information content (AvgIpc) is 2.37. The van der Waals surface area contributed by atoms with Crippen LogP contribution in [-0.2, 0) is 0 Å². The number of hydrogen-bond acceptors (Lipinski definition) is 1. The van der Waals surface area contributed by atoms with Gasteiger partial charge < -0.3 is 5.32 Å². The van der Waals surface area contributed by atoms with Crippen LogP contribution in [0.1, 0.15) is 21.5 Å². The zero-order chi connectivity index (χ0) is 15.7. The van der Waals surface area contributed by atoms with Gasteiger partial charge in [0.1, 0.15) is 5.82 Å². The fraction of sp³-hybridized carbons (Fsp3) is 0.133. The van der Waals surface area contributed by atoms with Gasteiger partial charge in [-0.05, 0) is 43.2 Å². The average molecular weight is 347 g/mol. The molecule has 0 saturated heterocycles. The van der Waals surface area contributed by atoms with E-state index in [1.54, 1.807) is 6.07 Å². The summed E-state index contributed by atoms with van der Waals surface area (Å²) in [5.74, 6) is -1.26. The van der Waals surface area contributed by atoms with Crippen molar-refractivity contribution in [1.82, 2.24) is 0 Å². The molecule has 0 spiro atoms. The molecule has 6 heteroatoms. The molecule has 0 unspecified atom stereocenters. The number of aryl methyl sites for hydroxylation is 2. The maximum Gasteiger partial charge on any atom is 0.257 e. The fourth-order valence-electron chi connectivity index (χ4n) is 1.95. The number of halogens is 4. The molecule has 0 aliphatic carbocycles. The number of amides is 1. The topological polar surface area (TPSA) is 29.1 Å². The molecule has 0 radical (unpaired) electrons. The predicted molar refractivity (Wildman–Crippen MR) is 85.3 cm³/mol. The number of anilines is 1. The van der Waals surface area contributed by atoms with E-state index in [0.717, 1.165) is 17.2 Å². The van der Waals surface area contributed by atoms with Gasteiger partial charge in [-0.15, -0.1) is 0 Å². The zero-order valence-corrected chi connectivity index (χ0v) is 13.5. The fourth-order valence-corrected chi connectivity index (χ4v) is 2.79. The third kappa shape index (κ3) is 3.49. The van der Waals surface area contributed by atoms with Crippen LogP contribution in [0, 0.1) is 19.7 Å². The first-order chi connectivity index (χ1) is 9.79. The van der Waals surface area contributed by atoms with Gasteiger partial charge in [-0.1, -0.05) is 40.9 Å². The summed E-state index contributed by atoms with van der Waals surface area (Å²) in [6.07, 6.45) is 0. The molecule has 1 N–H and O–H groups in total. The maximum atomic E-state index is 13.5. The molecule has 0 fully saturated rings. The summed E-state index contributed by atoms with van der Waals surface area (Å²) in [6.45, 7) is 3.72. The molecule has 0 heterocycles. The summed E-state index contributed by atoms with van der Waals surface area (Å²) in [7, 11) is 0. The molecular weight excluding hydrogens is 336 g/mol. The minimum Gasteiger partial charge on any atom is -0.320 e. The SMILES string of the molecule is Cc1cc(C)c(NC(=O)c2cc(F)c(Cl)cc2Cl)c(Cl)c1. The minimum absolute atomic E-state index is 0.00499. The predicted octanol–water partition coefficient (Wildman–Crippen LogP) is 5.66. The molecule has 2 aromatic carbocycles. The quantitative estimate of drug-likeness (QED) is 0.699. The van der Waals surface area contributed by atoms with Crippen molar-refractivity contribution in [3.63, 3.8) is 0 Å². The van der Waals surface area contributed by atoms with Crippen LogP contribution in [0.25, 0.3) is 0 Å². The van der Waals surface area contributed by atoms with Crippen molar-refractivity contribution in [2.75, 3.05) is 5.32 Å². The largest absolute Gasteiger partial charge is 0.320 e. The Labute approximate surface area is 136 Å². The molecule has 110 valence electrons. The first-order valence-electron chi connectivity index (χ1n) is 6.02. The van der Waals surface area contributed by atoms with Gasteiger partial charge in [0.15, 0.2) is 0 Å². The van der Waals surface area contributed by atoms with E-state index in [4.69, 9.17) is 34.8 Å². The van der Waals surface area contributed by atoms with Crippen LogP contribution in [0.4, 0.5) is 10.1 Å². The highest BCUT2D eigenvalue weighted by molar-refractivity contribution is 6.38. The molecule has 0 saturated carbocycles. The highest BCUT2D eigenvalue weighted by Gasteiger charge is 2.16. The van der Waals surface area contributed by atoms with E-state index in [9.17, 15) is 9.18 Å². The van der Waals surface area contributed by atoms with Gasteiger partial charge >= 0.3 is 0 Å². The van der Waals surface area contributed by atoms with Gasteiger partial charge in [0, 0.05) is 0 Å². The van der Waals surface area contributed by atoms with E-state index in [1.165, 1.54) is 6.07 Å². The first-order valence-corrected chi connectivity index (χ1v) is 7.15. The summed E-state index contributed by atoms with van der Waals surface area (Å²) < 4.78 is 13.5. The molecule has 0 aliphatic heterocycles. The standard InChI is InChI=1S/C15H11Cl3FNO/c1-7-3-8(2)14(12(18)4-7)20-15(21)9-5-13(19)11(17)6-10(9)16/h3-6H,1-2H3,(H,20,21). The van der Waals surface area contributed by atoms with E-state index in [2.05, 4.69) is 5.32 Å². The van der Waals surface area contributed by atoms with Crippen LogP contribution in [0.5, 0.6) is 0 Å². The molecule has 0 atom stereocenters. The Bertz CT molecular complexity index is 708. The zero-order valence-electron chi connectivity index (χ0n) is 11.2. The van der Waals surface area contributed by atoms with Crippen LogP contribution in [0.2, 0.25) is 15.1 Å². The number of hydrogen-bond donors (Lipinski definition) is 1. The Morgan fingerprint density at radius 3 is 2.29 bits per heavy atom. The highest BCUT2D eigenvalue weighted by atomic mass is 35.5. The van der Waals surface area contributed by atoms with Crippen LogP contribution < -0.4 is 5.32 Å². The lowest BCUT2D eigenvalue weighted by atomic mass is 10.1. The molecule has 2 nitrogen and oxygen atoms in total. The monoisotopic (exact) mass is 345 g/mol. The molecule has 21 heavy (non-hydrogen) atoms. The molecular formula is C15H11Cl3FNO. The van der Waals surface area contributed by atoms with Crippen molar-refractivity contribution < 1.29 is 9.18 Å². The second kappa shape index (κ2) is 6.22. The van der Waals surface area contributed by atoms with Crippen molar-refractivity contribution in [2.24, 2.45) is 0 Å². The van der Waals surface area contributed by atoms with E-state index in [0.29, 0.717) is 10.7 Å². The normalized spacial score (nSPS) is 10.6. The van der Waals surface area contributed by atoms with E-state index in [1.807, 2.05) is 19.9 Å². The Kier molecular flexibility index (Phi) is 4.77. The van der Waals surface area contributed by atoms with Gasteiger partial charge in [-0.2, -0.15) is 0 Å². The van der Waals surface area contributed by atoms with Crippen LogP contribution in [0.3, 0.4) is 0 Å². The van der Waals surface area contributed by atoms with Crippen LogP contribution in [0.15, 0.2) is 24.3 Å². The summed E-state index contributed by atoms with van der Waals surface area (Å²) >= 11 is 17.6. The summed E-state index contributed by atoms with van der Waals surface area (Å²) in [6, 6.07) is 5.80. The lowest BCUT2D eigenvalue weighted by molar-refractivity contribution is 0.102. The Morgan fingerprint density at radius 2 is 1.67 bits per heavy atom.